The molecule has 0 bridgehead atoms. The summed E-state index contributed by atoms with van der Waals surface area (Å²) in [7, 11) is 1.34. The summed E-state index contributed by atoms with van der Waals surface area (Å²) in [5, 5.41) is 1.16. The van der Waals surface area contributed by atoms with Gasteiger partial charge in [0.25, 0.3) is 0 Å². The number of imidazole rings is 1. The van der Waals surface area contributed by atoms with E-state index in [9.17, 15) is 9.59 Å². The molecule has 3 rings (SSSR count). The first-order chi connectivity index (χ1) is 12.8. The third kappa shape index (κ3) is 3.64. The average molecular weight is 385 g/mol. The number of hydrogen-bond donors (Lipinski definition) is 1. The number of ether oxygens (including phenoxy) is 1. The fraction of sp³-hybridized carbons (Fsp3) is 0.350. The monoisotopic (exact) mass is 385 g/mol. The smallest absolute Gasteiger partial charge is 0.339 e. The van der Waals surface area contributed by atoms with Gasteiger partial charge in [0.15, 0.2) is 10.9 Å². The number of nitrogens with one attached hydrogen (secondary N) is 1. The van der Waals surface area contributed by atoms with E-state index in [1.165, 1.54) is 7.11 Å². The van der Waals surface area contributed by atoms with Gasteiger partial charge in [-0.25, -0.2) is 9.78 Å². The fourth-order valence-corrected chi connectivity index (χ4v) is 4.03. The first-order valence-electron chi connectivity index (χ1n) is 8.76. The van der Waals surface area contributed by atoms with Crippen molar-refractivity contribution in [1.82, 2.24) is 14.5 Å². The number of carbonyl (C=O) groups excluding carboxylic acids is 2. The van der Waals surface area contributed by atoms with E-state index in [-0.39, 0.29) is 12.3 Å². The van der Waals surface area contributed by atoms with Crippen LogP contribution in [0.3, 0.4) is 0 Å². The third-order valence-corrected chi connectivity index (χ3v) is 5.36. The van der Waals surface area contributed by atoms with Crippen LogP contribution in [0.15, 0.2) is 29.4 Å². The zero-order valence-corrected chi connectivity index (χ0v) is 16.9. The van der Waals surface area contributed by atoms with Gasteiger partial charge in [0.2, 0.25) is 0 Å². The Labute approximate surface area is 162 Å². The Morgan fingerprint density at radius 1 is 1.26 bits per heavy atom. The number of nitrogens with zero attached hydrogens (tertiary/aromatic N) is 2. The van der Waals surface area contributed by atoms with Gasteiger partial charge in [-0.05, 0) is 31.5 Å². The Bertz CT molecular complexity index is 1020. The summed E-state index contributed by atoms with van der Waals surface area (Å²) < 4.78 is 6.77. The number of aromatic nitrogens is 3. The molecule has 0 fully saturated rings. The number of hydrogen-bond acceptors (Lipinski definition) is 5. The zero-order valence-electron chi connectivity index (χ0n) is 16.1. The van der Waals surface area contributed by atoms with Crippen molar-refractivity contribution in [3.63, 3.8) is 0 Å². The van der Waals surface area contributed by atoms with Crippen LogP contribution in [0.5, 0.6) is 0 Å². The summed E-state index contributed by atoms with van der Waals surface area (Å²) in [5.74, 6) is -0.538. The molecule has 2 aromatic heterocycles. The molecule has 6 nitrogen and oxygen atoms in total. The van der Waals surface area contributed by atoms with Crippen LogP contribution in [-0.4, -0.2) is 38.6 Å². The highest BCUT2D eigenvalue weighted by Crippen LogP contribution is 2.28. The predicted molar refractivity (Wildman–Crippen MR) is 107 cm³/mol. The van der Waals surface area contributed by atoms with Gasteiger partial charge in [-0.3, -0.25) is 4.79 Å². The molecule has 7 heteroatoms. The van der Waals surface area contributed by atoms with Crippen LogP contribution in [0, 0.1) is 13.8 Å². The molecular formula is C20H23N3O3S. The normalized spacial score (nSPS) is 11.3. The highest BCUT2D eigenvalue weighted by Gasteiger charge is 2.24. The highest BCUT2D eigenvalue weighted by atomic mass is 32.2. The molecule has 142 valence electrons. The Morgan fingerprint density at radius 3 is 2.63 bits per heavy atom. The second-order valence-electron chi connectivity index (χ2n) is 6.68. The number of rotatable bonds is 6. The summed E-state index contributed by atoms with van der Waals surface area (Å²) in [6, 6.07) is 7.79. The van der Waals surface area contributed by atoms with E-state index in [1.807, 2.05) is 28.8 Å². The van der Waals surface area contributed by atoms with Crippen LogP contribution in [-0.2, 0) is 11.3 Å². The lowest BCUT2D eigenvalue weighted by molar-refractivity contribution is 0.0599. The molecule has 0 aliphatic carbocycles. The number of benzene rings is 1. The number of methoxy groups -OCH3 is 1. The maximum Gasteiger partial charge on any atom is 0.339 e. The summed E-state index contributed by atoms with van der Waals surface area (Å²) in [4.78, 5) is 32.8. The molecule has 3 aromatic rings. The molecule has 0 aliphatic rings. The number of Topliss-reactive ketones (excluding diaryl/α,β-unsaturated/α-hetero) is 1. The Morgan fingerprint density at radius 2 is 1.96 bits per heavy atom. The first kappa shape index (κ1) is 19.2. The van der Waals surface area contributed by atoms with Gasteiger partial charge in [-0.15, -0.1) is 0 Å². The van der Waals surface area contributed by atoms with Gasteiger partial charge >= 0.3 is 5.97 Å². The van der Waals surface area contributed by atoms with Gasteiger partial charge < -0.3 is 14.3 Å². The molecule has 2 heterocycles. The molecular weight excluding hydrogens is 362 g/mol. The number of para-hydroxylation sites is 2. The average Bonchev–Trinajstić information content (AvgIpc) is 3.11. The van der Waals surface area contributed by atoms with Crippen LogP contribution in [0.4, 0.5) is 0 Å². The van der Waals surface area contributed by atoms with E-state index in [4.69, 9.17) is 4.74 Å². The molecule has 0 amide bonds. The lowest BCUT2D eigenvalue weighted by atomic mass is 10.1. The van der Waals surface area contributed by atoms with Crippen LogP contribution >= 0.6 is 11.8 Å². The van der Waals surface area contributed by atoms with Crippen LogP contribution in [0.1, 0.15) is 46.0 Å². The third-order valence-electron chi connectivity index (χ3n) is 4.37. The predicted octanol–water partition coefficient (Wildman–Crippen LogP) is 4.15. The topological polar surface area (TPSA) is 77.0 Å². The number of carbonyl (C=O) groups is 2. The van der Waals surface area contributed by atoms with Crippen molar-refractivity contribution in [3.05, 3.63) is 46.8 Å². The van der Waals surface area contributed by atoms with E-state index in [0.717, 1.165) is 16.2 Å². The number of thioether (sulfide) groups is 1. The molecule has 1 N–H and O–H groups in total. The second kappa shape index (κ2) is 7.60. The van der Waals surface area contributed by atoms with Crippen molar-refractivity contribution < 1.29 is 14.3 Å². The molecule has 0 saturated heterocycles. The molecule has 1 aromatic carbocycles. The molecule has 0 aliphatic heterocycles. The minimum Gasteiger partial charge on any atom is -0.465 e. The summed E-state index contributed by atoms with van der Waals surface area (Å²) in [6.45, 7) is 7.87. The van der Waals surface area contributed by atoms with Crippen LogP contribution in [0.25, 0.3) is 11.0 Å². The van der Waals surface area contributed by atoms with Gasteiger partial charge in [0.05, 0.1) is 35.9 Å². The van der Waals surface area contributed by atoms with Crippen LogP contribution < -0.4 is 0 Å². The molecule has 0 spiro atoms. The lowest BCUT2D eigenvalue weighted by Gasteiger charge is -2.10. The number of esters is 1. The largest absolute Gasteiger partial charge is 0.465 e. The van der Waals surface area contributed by atoms with Crippen molar-refractivity contribution in [2.45, 2.75) is 44.6 Å². The lowest BCUT2D eigenvalue weighted by Crippen LogP contribution is -2.13. The highest BCUT2D eigenvalue weighted by molar-refractivity contribution is 7.99. The van der Waals surface area contributed by atoms with Gasteiger partial charge in [0.1, 0.15) is 0 Å². The van der Waals surface area contributed by atoms with Gasteiger partial charge in [-0.1, -0.05) is 37.7 Å². The Hall–Kier alpha value is -2.54. The number of ketones is 1. The summed E-state index contributed by atoms with van der Waals surface area (Å²) >= 11 is 1.62. The maximum absolute atomic E-state index is 13.0. The van der Waals surface area contributed by atoms with E-state index < -0.39 is 5.97 Å². The van der Waals surface area contributed by atoms with E-state index in [1.54, 1.807) is 25.6 Å². The van der Waals surface area contributed by atoms with Crippen molar-refractivity contribution in [1.29, 1.82) is 0 Å². The molecule has 0 saturated carbocycles. The fourth-order valence-electron chi connectivity index (χ4n) is 3.17. The Balaban J connectivity index is 2.01. The summed E-state index contributed by atoms with van der Waals surface area (Å²) in [5.41, 5.74) is 3.90. The number of aryl methyl sites for hydroxylation is 1. The van der Waals surface area contributed by atoms with E-state index in [0.29, 0.717) is 27.8 Å². The minimum atomic E-state index is -0.440. The standard InChI is InChI=1S/C20H23N3O3S/c1-11(2)27-20-22-14-8-6-7-9-15(14)23(20)10-16(24)18-12(3)17(13(4)21-18)19(25)26-5/h6-9,11,21H,10H2,1-5H3. The quantitative estimate of drug-likeness (QED) is 0.392. The van der Waals surface area contributed by atoms with Crippen molar-refractivity contribution in [3.8, 4) is 0 Å². The number of fused-ring (bicyclic) bond motifs is 1. The molecule has 27 heavy (non-hydrogen) atoms. The second-order valence-corrected chi connectivity index (χ2v) is 8.22. The SMILES string of the molecule is COC(=O)c1c(C)[nH]c(C(=O)Cn2c(SC(C)C)nc3ccccc32)c1C. The van der Waals surface area contributed by atoms with Crippen molar-refractivity contribution in [2.75, 3.05) is 7.11 Å². The van der Waals surface area contributed by atoms with Crippen molar-refractivity contribution in [2.24, 2.45) is 0 Å². The first-order valence-corrected chi connectivity index (χ1v) is 9.64. The minimum absolute atomic E-state index is 0.0977. The number of H-pyrrole nitrogens is 1. The Kier molecular flexibility index (Phi) is 5.41. The zero-order chi connectivity index (χ0) is 19.7. The maximum atomic E-state index is 13.0. The van der Waals surface area contributed by atoms with Gasteiger partial charge in [0, 0.05) is 10.9 Å². The molecule has 0 atom stereocenters. The molecule has 0 radical (unpaired) electrons. The van der Waals surface area contributed by atoms with Crippen LogP contribution in [0.2, 0.25) is 0 Å². The molecule has 0 unspecified atom stereocenters. The summed E-state index contributed by atoms with van der Waals surface area (Å²) in [6.07, 6.45) is 0. The van der Waals surface area contributed by atoms with Crippen molar-refractivity contribution >= 4 is 34.5 Å². The number of aromatic amines is 1. The van der Waals surface area contributed by atoms with E-state index in [2.05, 4.69) is 23.8 Å². The van der Waals surface area contributed by atoms with E-state index >= 15 is 0 Å². The van der Waals surface area contributed by atoms with Gasteiger partial charge in [-0.2, -0.15) is 0 Å².